The highest BCUT2D eigenvalue weighted by Gasteiger charge is 2.40. The van der Waals surface area contributed by atoms with E-state index in [2.05, 4.69) is 10.2 Å². The van der Waals surface area contributed by atoms with Crippen molar-refractivity contribution in [3.63, 3.8) is 0 Å². The number of hydrogen-bond acceptors (Lipinski definition) is 3. The summed E-state index contributed by atoms with van der Waals surface area (Å²) >= 11 is 0. The van der Waals surface area contributed by atoms with Crippen LogP contribution in [0.3, 0.4) is 0 Å². The zero-order valence-electron chi connectivity index (χ0n) is 9.36. The first kappa shape index (κ1) is 11.7. The van der Waals surface area contributed by atoms with Crippen LogP contribution in [0.5, 0.6) is 0 Å². The quantitative estimate of drug-likeness (QED) is 0.686. The molecule has 1 aliphatic rings. The molecule has 1 aromatic rings. The Kier molecular flexibility index (Phi) is 2.91. The highest BCUT2D eigenvalue weighted by molar-refractivity contribution is 5.74. The molecule has 1 fully saturated rings. The Bertz CT molecular complexity index is 491. The first-order valence-corrected chi connectivity index (χ1v) is 5.66. The van der Waals surface area contributed by atoms with E-state index in [1.54, 1.807) is 0 Å². The third-order valence-corrected chi connectivity index (χ3v) is 3.49. The Morgan fingerprint density at radius 2 is 1.71 bits per heavy atom. The fourth-order valence-corrected chi connectivity index (χ4v) is 2.45. The van der Waals surface area contributed by atoms with Gasteiger partial charge in [0.2, 0.25) is 0 Å². The van der Waals surface area contributed by atoms with E-state index in [0.717, 1.165) is 23.8 Å². The molecule has 17 heavy (non-hydrogen) atoms. The maximum Gasteiger partial charge on any atom is 0.344 e. The van der Waals surface area contributed by atoms with Crippen LogP contribution in [0.2, 0.25) is 0 Å². The number of carboxylic acid groups (broad SMARTS) is 1. The number of aromatic nitrogens is 3. The first-order valence-electron chi connectivity index (χ1n) is 5.66. The number of carbonyl (C=O) groups is 1. The summed E-state index contributed by atoms with van der Waals surface area (Å²) in [5.74, 6) is -0.926. The second kappa shape index (κ2) is 4.23. The lowest BCUT2D eigenvalue weighted by atomic mass is 9.74. The molecule has 1 saturated carbocycles. The Balaban J connectivity index is 2.33. The number of carboxylic acids is 1. The molecule has 0 spiro atoms. The lowest BCUT2D eigenvalue weighted by molar-refractivity contribution is -0.152. The molecule has 1 aromatic heterocycles. The second-order valence-corrected chi connectivity index (χ2v) is 4.59. The number of aromatic amines is 2. The summed E-state index contributed by atoms with van der Waals surface area (Å²) < 4.78 is 0.930. The molecule has 0 bridgehead atoms. The van der Waals surface area contributed by atoms with Crippen LogP contribution in [0, 0.1) is 5.41 Å². The number of nitrogens with one attached hydrogen (secondary N) is 2. The van der Waals surface area contributed by atoms with Crippen molar-refractivity contribution in [2.24, 2.45) is 5.41 Å². The summed E-state index contributed by atoms with van der Waals surface area (Å²) in [4.78, 5) is 34.1. The highest BCUT2D eigenvalue weighted by Crippen LogP contribution is 2.37. The van der Waals surface area contributed by atoms with Gasteiger partial charge in [0, 0.05) is 6.54 Å². The molecule has 7 nitrogen and oxygen atoms in total. The predicted octanol–water partition coefficient (Wildman–Crippen LogP) is -0.100. The number of rotatable bonds is 3. The number of nitrogens with zero attached hydrogens (tertiary/aromatic N) is 1. The van der Waals surface area contributed by atoms with E-state index < -0.39 is 22.8 Å². The van der Waals surface area contributed by atoms with Gasteiger partial charge in [-0.2, -0.15) is 0 Å². The Hall–Kier alpha value is -1.79. The Morgan fingerprint density at radius 3 is 2.18 bits per heavy atom. The molecule has 1 heterocycles. The third kappa shape index (κ3) is 2.04. The topological polar surface area (TPSA) is 108 Å². The van der Waals surface area contributed by atoms with E-state index in [1.807, 2.05) is 0 Å². The summed E-state index contributed by atoms with van der Waals surface area (Å²) in [5.41, 5.74) is -2.14. The molecule has 94 valence electrons. The third-order valence-electron chi connectivity index (χ3n) is 3.49. The van der Waals surface area contributed by atoms with Crippen LogP contribution in [0.4, 0.5) is 0 Å². The van der Waals surface area contributed by atoms with Crippen molar-refractivity contribution in [3.05, 3.63) is 21.0 Å². The molecule has 0 radical (unpaired) electrons. The van der Waals surface area contributed by atoms with Gasteiger partial charge >= 0.3 is 17.3 Å². The predicted molar refractivity (Wildman–Crippen MR) is 58.8 cm³/mol. The van der Waals surface area contributed by atoms with Gasteiger partial charge in [-0.15, -0.1) is 0 Å². The largest absolute Gasteiger partial charge is 0.481 e. The van der Waals surface area contributed by atoms with Crippen LogP contribution in [0.25, 0.3) is 0 Å². The lowest BCUT2D eigenvalue weighted by Crippen LogP contribution is -2.42. The molecule has 2 rings (SSSR count). The first-order chi connectivity index (χ1) is 8.05. The summed E-state index contributed by atoms with van der Waals surface area (Å²) in [6.45, 7) is -0.0556. The Labute approximate surface area is 96.5 Å². The van der Waals surface area contributed by atoms with Crippen molar-refractivity contribution in [2.45, 2.75) is 38.6 Å². The van der Waals surface area contributed by atoms with Crippen LogP contribution >= 0.6 is 0 Å². The van der Waals surface area contributed by atoms with Gasteiger partial charge in [0.1, 0.15) is 0 Å². The number of aliphatic carboxylic acids is 1. The van der Waals surface area contributed by atoms with Gasteiger partial charge in [0.15, 0.2) is 0 Å². The molecular weight excluding hydrogens is 226 g/mol. The average Bonchev–Trinajstić information content (AvgIpc) is 2.62. The molecule has 1 aliphatic carbocycles. The van der Waals surface area contributed by atoms with E-state index in [9.17, 15) is 19.5 Å². The van der Waals surface area contributed by atoms with E-state index >= 15 is 0 Å². The monoisotopic (exact) mass is 241 g/mol. The normalized spacial score (nSPS) is 19.1. The van der Waals surface area contributed by atoms with E-state index in [-0.39, 0.29) is 6.54 Å². The van der Waals surface area contributed by atoms with Crippen LogP contribution in [-0.4, -0.2) is 25.8 Å². The molecular formula is C10H15N3O4. The van der Waals surface area contributed by atoms with Gasteiger partial charge in [0.05, 0.1) is 5.41 Å². The molecule has 0 amide bonds. The maximum atomic E-state index is 11.4. The number of hydrogen-bond donors (Lipinski definition) is 3. The summed E-state index contributed by atoms with van der Waals surface area (Å²) in [6.07, 6.45) is 3.68. The van der Waals surface area contributed by atoms with Gasteiger partial charge in [-0.25, -0.2) is 24.4 Å². The maximum absolute atomic E-state index is 11.4. The molecule has 0 unspecified atom stereocenters. The summed E-state index contributed by atoms with van der Waals surface area (Å²) in [6, 6.07) is 0. The van der Waals surface area contributed by atoms with E-state index in [4.69, 9.17) is 0 Å². The standard InChI is InChI=1S/C10H15N3O4/c14-7(15)10(4-2-1-3-5-10)6-13-8(16)11-12-9(13)17/h1-6H2,(H,11,16)(H,12,17)(H,14,15). The molecule has 7 heteroatoms. The van der Waals surface area contributed by atoms with Crippen molar-refractivity contribution in [3.8, 4) is 0 Å². The van der Waals surface area contributed by atoms with Gasteiger partial charge in [0.25, 0.3) is 0 Å². The van der Waals surface area contributed by atoms with Crippen molar-refractivity contribution in [1.82, 2.24) is 14.8 Å². The van der Waals surface area contributed by atoms with Gasteiger partial charge in [-0.05, 0) is 12.8 Å². The smallest absolute Gasteiger partial charge is 0.344 e. The van der Waals surface area contributed by atoms with Crippen LogP contribution in [0.15, 0.2) is 9.59 Å². The van der Waals surface area contributed by atoms with Gasteiger partial charge in [-0.1, -0.05) is 19.3 Å². The van der Waals surface area contributed by atoms with Crippen LogP contribution in [0.1, 0.15) is 32.1 Å². The second-order valence-electron chi connectivity index (χ2n) is 4.59. The fourth-order valence-electron chi connectivity index (χ4n) is 2.45. The molecule has 0 atom stereocenters. The fraction of sp³-hybridized carbons (Fsp3) is 0.700. The minimum atomic E-state index is -0.975. The Morgan fingerprint density at radius 1 is 1.18 bits per heavy atom. The van der Waals surface area contributed by atoms with Gasteiger partial charge in [-0.3, -0.25) is 4.79 Å². The SMILES string of the molecule is O=C(O)C1(Cn2c(=O)[nH][nH]c2=O)CCCCC1. The summed E-state index contributed by atoms with van der Waals surface area (Å²) in [5, 5.41) is 13.7. The van der Waals surface area contributed by atoms with E-state index in [0.29, 0.717) is 12.8 Å². The minimum absolute atomic E-state index is 0.0556. The lowest BCUT2D eigenvalue weighted by Gasteiger charge is -2.32. The van der Waals surface area contributed by atoms with Gasteiger partial charge < -0.3 is 5.11 Å². The molecule has 3 N–H and O–H groups in total. The minimum Gasteiger partial charge on any atom is -0.481 e. The molecule has 0 aliphatic heterocycles. The zero-order valence-corrected chi connectivity index (χ0v) is 9.36. The molecule has 0 aromatic carbocycles. The highest BCUT2D eigenvalue weighted by atomic mass is 16.4. The van der Waals surface area contributed by atoms with Crippen molar-refractivity contribution in [1.29, 1.82) is 0 Å². The summed E-state index contributed by atoms with van der Waals surface area (Å²) in [7, 11) is 0. The van der Waals surface area contributed by atoms with E-state index in [1.165, 1.54) is 0 Å². The number of H-pyrrole nitrogens is 2. The average molecular weight is 241 g/mol. The van der Waals surface area contributed by atoms with Crippen molar-refractivity contribution in [2.75, 3.05) is 0 Å². The van der Waals surface area contributed by atoms with Crippen LogP contribution in [-0.2, 0) is 11.3 Å². The van der Waals surface area contributed by atoms with Crippen molar-refractivity contribution >= 4 is 5.97 Å². The molecule has 0 saturated heterocycles. The van der Waals surface area contributed by atoms with Crippen LogP contribution < -0.4 is 11.4 Å². The van der Waals surface area contributed by atoms with Crippen molar-refractivity contribution < 1.29 is 9.90 Å². The zero-order chi connectivity index (χ0) is 12.5.